The minimum absolute atomic E-state index is 0.0163. The summed E-state index contributed by atoms with van der Waals surface area (Å²) in [6.45, 7) is 11.7. The summed E-state index contributed by atoms with van der Waals surface area (Å²) < 4.78 is 20.2. The third kappa shape index (κ3) is 4.02. The van der Waals surface area contributed by atoms with E-state index in [1.165, 1.54) is 0 Å². The number of rotatable bonds is 5. The summed E-state index contributed by atoms with van der Waals surface area (Å²) in [5, 5.41) is 3.40. The molecular weight excluding hydrogens is 267 g/mol. The van der Waals surface area contributed by atoms with Crippen LogP contribution in [-0.4, -0.2) is 43.3 Å². The van der Waals surface area contributed by atoms with Crippen LogP contribution in [0.3, 0.4) is 0 Å². The number of benzene rings is 1. The van der Waals surface area contributed by atoms with Crippen LogP contribution < -0.4 is 5.32 Å². The molecule has 1 aliphatic heterocycles. The highest BCUT2D eigenvalue weighted by Gasteiger charge is 2.31. The molecule has 1 aromatic carbocycles. The Hall–Kier alpha value is -0.970. The van der Waals surface area contributed by atoms with Gasteiger partial charge in [-0.05, 0) is 33.4 Å². The topological polar surface area (TPSA) is 24.5 Å². The van der Waals surface area contributed by atoms with Gasteiger partial charge in [0.25, 0.3) is 0 Å². The maximum Gasteiger partial charge on any atom is 0.128 e. The average molecular weight is 294 g/mol. The summed E-state index contributed by atoms with van der Waals surface area (Å²) >= 11 is 0. The van der Waals surface area contributed by atoms with Gasteiger partial charge in [0.15, 0.2) is 0 Å². The van der Waals surface area contributed by atoms with Crippen LogP contribution in [0.2, 0.25) is 0 Å². The van der Waals surface area contributed by atoms with E-state index in [0.29, 0.717) is 18.2 Å². The molecule has 2 atom stereocenters. The van der Waals surface area contributed by atoms with Crippen molar-refractivity contribution in [2.75, 3.05) is 26.2 Å². The number of nitrogens with one attached hydrogen (secondary N) is 1. The second kappa shape index (κ2) is 7.34. The number of likely N-dealkylation sites (N-methyl/N-ethyl adjacent to an activating group) is 1. The van der Waals surface area contributed by atoms with Crippen molar-refractivity contribution in [3.8, 4) is 0 Å². The van der Waals surface area contributed by atoms with Crippen molar-refractivity contribution in [3.63, 3.8) is 0 Å². The molecule has 0 amide bonds. The Morgan fingerprint density at radius 1 is 1.43 bits per heavy atom. The number of hydrogen-bond acceptors (Lipinski definition) is 3. The van der Waals surface area contributed by atoms with Gasteiger partial charge in [-0.1, -0.05) is 24.6 Å². The van der Waals surface area contributed by atoms with Crippen molar-refractivity contribution in [3.05, 3.63) is 35.1 Å². The smallest absolute Gasteiger partial charge is 0.128 e. The Balaban J connectivity index is 2.23. The predicted molar refractivity (Wildman–Crippen MR) is 84.0 cm³/mol. The van der Waals surface area contributed by atoms with E-state index in [0.717, 1.165) is 25.2 Å². The van der Waals surface area contributed by atoms with Gasteiger partial charge in [-0.2, -0.15) is 0 Å². The highest BCUT2D eigenvalue weighted by atomic mass is 19.1. The van der Waals surface area contributed by atoms with E-state index in [2.05, 4.69) is 24.1 Å². The first-order valence-electron chi connectivity index (χ1n) is 7.88. The van der Waals surface area contributed by atoms with Gasteiger partial charge < -0.3 is 10.1 Å². The summed E-state index contributed by atoms with van der Waals surface area (Å²) in [7, 11) is 0. The van der Waals surface area contributed by atoms with E-state index in [1.807, 2.05) is 26.0 Å². The zero-order valence-electron chi connectivity index (χ0n) is 13.5. The molecule has 1 aromatic rings. The molecule has 2 unspecified atom stereocenters. The molecule has 0 spiro atoms. The maximum absolute atomic E-state index is 14.2. The third-order valence-corrected chi connectivity index (χ3v) is 4.14. The van der Waals surface area contributed by atoms with Crippen molar-refractivity contribution in [2.45, 2.75) is 45.9 Å². The number of aryl methyl sites for hydroxylation is 1. The second-order valence-corrected chi connectivity index (χ2v) is 6.06. The zero-order chi connectivity index (χ0) is 15.4. The monoisotopic (exact) mass is 294 g/mol. The Morgan fingerprint density at radius 3 is 2.86 bits per heavy atom. The number of ether oxygens (including phenoxy) is 1. The first-order chi connectivity index (χ1) is 10.0. The Kier molecular flexibility index (Phi) is 5.73. The lowest BCUT2D eigenvalue weighted by Gasteiger charge is -2.39. The first kappa shape index (κ1) is 16.4. The van der Waals surface area contributed by atoms with Crippen LogP contribution in [0.5, 0.6) is 0 Å². The SMILES string of the molecule is CCNC(c1cc(C)ccc1F)C1CN(C(C)C)CCO1. The number of halogens is 1. The standard InChI is InChI=1S/C17H27FN2O/c1-5-19-17(14-10-13(4)6-7-15(14)18)16-11-20(12(2)3)8-9-21-16/h6-7,10,12,16-17,19H,5,8-9,11H2,1-4H3. The fraction of sp³-hybridized carbons (Fsp3) is 0.647. The van der Waals surface area contributed by atoms with Crippen molar-refractivity contribution in [2.24, 2.45) is 0 Å². The van der Waals surface area contributed by atoms with Gasteiger partial charge in [0.1, 0.15) is 5.82 Å². The lowest BCUT2D eigenvalue weighted by atomic mass is 9.97. The Morgan fingerprint density at radius 2 is 2.19 bits per heavy atom. The van der Waals surface area contributed by atoms with Crippen LogP contribution in [0.15, 0.2) is 18.2 Å². The molecular formula is C17H27FN2O. The summed E-state index contributed by atoms with van der Waals surface area (Å²) in [4.78, 5) is 2.40. The largest absolute Gasteiger partial charge is 0.374 e. The molecule has 1 N–H and O–H groups in total. The van der Waals surface area contributed by atoms with Gasteiger partial charge in [0.05, 0.1) is 18.8 Å². The van der Waals surface area contributed by atoms with Crippen LogP contribution in [0.4, 0.5) is 4.39 Å². The fourth-order valence-corrected chi connectivity index (χ4v) is 2.93. The summed E-state index contributed by atoms with van der Waals surface area (Å²) in [6, 6.07) is 5.68. The Labute approximate surface area is 127 Å². The minimum Gasteiger partial charge on any atom is -0.374 e. The molecule has 118 valence electrons. The van der Waals surface area contributed by atoms with E-state index < -0.39 is 0 Å². The van der Waals surface area contributed by atoms with Crippen molar-refractivity contribution in [1.29, 1.82) is 0 Å². The molecule has 3 nitrogen and oxygen atoms in total. The van der Waals surface area contributed by atoms with Crippen molar-refractivity contribution >= 4 is 0 Å². The summed E-state index contributed by atoms with van der Waals surface area (Å²) in [6.07, 6.45) is -0.0163. The van der Waals surface area contributed by atoms with Gasteiger partial charge in [-0.15, -0.1) is 0 Å². The number of morpholine rings is 1. The van der Waals surface area contributed by atoms with E-state index >= 15 is 0 Å². The average Bonchev–Trinajstić information content (AvgIpc) is 2.47. The summed E-state index contributed by atoms with van der Waals surface area (Å²) in [5.41, 5.74) is 1.79. The first-order valence-corrected chi connectivity index (χ1v) is 7.88. The molecule has 1 heterocycles. The van der Waals surface area contributed by atoms with E-state index in [9.17, 15) is 4.39 Å². The van der Waals surface area contributed by atoms with E-state index in [1.54, 1.807) is 6.07 Å². The molecule has 0 radical (unpaired) electrons. The van der Waals surface area contributed by atoms with Crippen molar-refractivity contribution < 1.29 is 9.13 Å². The molecule has 21 heavy (non-hydrogen) atoms. The van der Waals surface area contributed by atoms with Gasteiger partial charge in [0, 0.05) is 24.7 Å². The third-order valence-electron chi connectivity index (χ3n) is 4.14. The van der Waals surface area contributed by atoms with Gasteiger partial charge in [-0.3, -0.25) is 4.90 Å². The van der Waals surface area contributed by atoms with Crippen LogP contribution >= 0.6 is 0 Å². The van der Waals surface area contributed by atoms with Gasteiger partial charge >= 0.3 is 0 Å². The van der Waals surface area contributed by atoms with Crippen LogP contribution in [0.1, 0.15) is 37.9 Å². The molecule has 4 heteroatoms. The molecule has 1 aliphatic rings. The highest BCUT2D eigenvalue weighted by molar-refractivity contribution is 5.28. The highest BCUT2D eigenvalue weighted by Crippen LogP contribution is 2.26. The molecule has 0 bridgehead atoms. The van der Waals surface area contributed by atoms with E-state index in [4.69, 9.17) is 4.74 Å². The number of hydrogen-bond donors (Lipinski definition) is 1. The van der Waals surface area contributed by atoms with Gasteiger partial charge in [0.2, 0.25) is 0 Å². The quantitative estimate of drug-likeness (QED) is 0.904. The molecule has 0 aliphatic carbocycles. The second-order valence-electron chi connectivity index (χ2n) is 6.06. The Bertz CT molecular complexity index is 464. The molecule has 0 saturated carbocycles. The maximum atomic E-state index is 14.2. The molecule has 1 fully saturated rings. The zero-order valence-corrected chi connectivity index (χ0v) is 13.5. The fourth-order valence-electron chi connectivity index (χ4n) is 2.93. The van der Waals surface area contributed by atoms with Crippen LogP contribution in [-0.2, 0) is 4.74 Å². The van der Waals surface area contributed by atoms with Crippen LogP contribution in [0, 0.1) is 12.7 Å². The van der Waals surface area contributed by atoms with Crippen LogP contribution in [0.25, 0.3) is 0 Å². The normalized spacial score (nSPS) is 21.7. The number of nitrogens with zero attached hydrogens (tertiary/aromatic N) is 1. The predicted octanol–water partition coefficient (Wildman–Crippen LogP) is 2.89. The van der Waals surface area contributed by atoms with E-state index in [-0.39, 0.29) is 18.0 Å². The molecule has 2 rings (SSSR count). The molecule has 0 aromatic heterocycles. The lowest BCUT2D eigenvalue weighted by Crippen LogP contribution is -2.50. The minimum atomic E-state index is -0.156. The van der Waals surface area contributed by atoms with Crippen molar-refractivity contribution in [1.82, 2.24) is 10.2 Å². The lowest BCUT2D eigenvalue weighted by molar-refractivity contribution is -0.0563. The molecule has 1 saturated heterocycles. The summed E-state index contributed by atoms with van der Waals surface area (Å²) in [5.74, 6) is -0.156. The van der Waals surface area contributed by atoms with Gasteiger partial charge in [-0.25, -0.2) is 4.39 Å².